The Kier molecular flexibility index (Phi) is 10.5. The van der Waals surface area contributed by atoms with Gasteiger partial charge in [-0.15, -0.1) is 0 Å². The van der Waals surface area contributed by atoms with Gasteiger partial charge in [-0.1, -0.05) is 71.1 Å². The zero-order chi connectivity index (χ0) is 17.9. The molecule has 2 fully saturated rings. The van der Waals surface area contributed by atoms with Crippen molar-refractivity contribution >= 4 is 0 Å². The minimum Gasteiger partial charge on any atom is -0.396 e. The van der Waals surface area contributed by atoms with Crippen molar-refractivity contribution in [2.45, 2.75) is 103 Å². The molecule has 0 bridgehead atoms. The third-order valence-corrected chi connectivity index (χ3v) is 7.41. The molecule has 0 radical (unpaired) electrons. The fourth-order valence-electron chi connectivity index (χ4n) is 5.47. The molecule has 0 amide bonds. The molecule has 0 atom stereocenters. The highest BCUT2D eigenvalue weighted by Crippen LogP contribution is 2.43. The van der Waals surface area contributed by atoms with E-state index in [1.807, 2.05) is 0 Å². The normalized spacial score (nSPS) is 30.7. The summed E-state index contributed by atoms with van der Waals surface area (Å²) < 4.78 is 0. The van der Waals surface area contributed by atoms with Crippen molar-refractivity contribution < 1.29 is 10.2 Å². The molecule has 0 unspecified atom stereocenters. The molecular formula is C23H44O2. The van der Waals surface area contributed by atoms with Crippen LogP contribution in [-0.4, -0.2) is 23.4 Å². The maximum atomic E-state index is 9.21. The zero-order valence-electron chi connectivity index (χ0n) is 16.8. The van der Waals surface area contributed by atoms with Crippen LogP contribution in [0.1, 0.15) is 103 Å². The van der Waals surface area contributed by atoms with Crippen LogP contribution in [0.15, 0.2) is 0 Å². The Bertz CT molecular complexity index is 310. The molecule has 0 aromatic heterocycles. The Morgan fingerprint density at radius 3 is 1.68 bits per heavy atom. The summed E-state index contributed by atoms with van der Waals surface area (Å²) in [6.45, 7) is 2.60. The van der Waals surface area contributed by atoms with Crippen LogP contribution in [0.25, 0.3) is 0 Å². The van der Waals surface area contributed by atoms with Gasteiger partial charge in [0.2, 0.25) is 0 Å². The Labute approximate surface area is 156 Å². The summed E-state index contributed by atoms with van der Waals surface area (Å²) >= 11 is 0. The van der Waals surface area contributed by atoms with E-state index in [0.29, 0.717) is 0 Å². The van der Waals surface area contributed by atoms with E-state index >= 15 is 0 Å². The van der Waals surface area contributed by atoms with Crippen molar-refractivity contribution in [1.82, 2.24) is 0 Å². The highest BCUT2D eigenvalue weighted by atomic mass is 16.3. The summed E-state index contributed by atoms with van der Waals surface area (Å²) in [5.74, 6) is 4.04. The van der Waals surface area contributed by atoms with E-state index in [2.05, 4.69) is 6.92 Å². The van der Waals surface area contributed by atoms with Gasteiger partial charge in [-0.05, 0) is 55.8 Å². The fourth-order valence-corrected chi connectivity index (χ4v) is 5.47. The van der Waals surface area contributed by atoms with Gasteiger partial charge in [0.1, 0.15) is 0 Å². The van der Waals surface area contributed by atoms with Gasteiger partial charge in [0, 0.05) is 19.1 Å². The van der Waals surface area contributed by atoms with E-state index in [9.17, 15) is 10.2 Å². The average Bonchev–Trinajstić information content (AvgIpc) is 2.67. The minimum absolute atomic E-state index is 0.116. The minimum atomic E-state index is 0.116. The van der Waals surface area contributed by atoms with Crippen molar-refractivity contribution in [3.63, 3.8) is 0 Å². The second kappa shape index (κ2) is 12.3. The first kappa shape index (κ1) is 21.2. The molecule has 2 heteroatoms. The number of unbranched alkanes of at least 4 members (excludes halogenated alkanes) is 3. The molecular weight excluding hydrogens is 308 g/mol. The Balaban J connectivity index is 1.57. The summed E-state index contributed by atoms with van der Waals surface area (Å²) in [6.07, 6.45) is 21.1. The molecule has 2 saturated carbocycles. The van der Waals surface area contributed by atoms with Crippen molar-refractivity contribution in [1.29, 1.82) is 0 Å². The lowest BCUT2D eigenvalue weighted by atomic mass is 9.68. The van der Waals surface area contributed by atoms with Gasteiger partial charge in [0.25, 0.3) is 0 Å². The number of aliphatic hydroxyl groups is 2. The first-order chi connectivity index (χ1) is 12.3. The van der Waals surface area contributed by atoms with Gasteiger partial charge >= 0.3 is 0 Å². The molecule has 0 aliphatic heterocycles. The lowest BCUT2D eigenvalue weighted by molar-refractivity contribution is 0.119. The molecule has 25 heavy (non-hydrogen) atoms. The van der Waals surface area contributed by atoms with Crippen LogP contribution in [0, 0.1) is 29.6 Å². The third-order valence-electron chi connectivity index (χ3n) is 7.41. The number of hydrogen-bond acceptors (Lipinski definition) is 2. The summed E-state index contributed by atoms with van der Waals surface area (Å²) in [5.41, 5.74) is 0. The average molecular weight is 353 g/mol. The zero-order valence-corrected chi connectivity index (χ0v) is 16.8. The lowest BCUT2D eigenvalue weighted by Crippen LogP contribution is -2.26. The number of aliphatic hydroxyl groups excluding tert-OH is 2. The molecule has 0 aromatic carbocycles. The van der Waals surface area contributed by atoms with Crippen molar-refractivity contribution in [2.24, 2.45) is 29.6 Å². The summed E-state index contributed by atoms with van der Waals surface area (Å²) in [6, 6.07) is 0. The van der Waals surface area contributed by atoms with Gasteiger partial charge in [0.15, 0.2) is 0 Å². The molecule has 2 N–H and O–H groups in total. The topological polar surface area (TPSA) is 40.5 Å². The van der Waals surface area contributed by atoms with Gasteiger partial charge in [-0.2, -0.15) is 0 Å². The molecule has 2 aliphatic carbocycles. The second-order valence-electron chi connectivity index (χ2n) is 9.22. The van der Waals surface area contributed by atoms with Gasteiger partial charge in [0.05, 0.1) is 0 Å². The predicted molar refractivity (Wildman–Crippen MR) is 107 cm³/mol. The van der Waals surface area contributed by atoms with Crippen LogP contribution in [0.2, 0.25) is 0 Å². The largest absolute Gasteiger partial charge is 0.396 e. The Morgan fingerprint density at radius 1 is 0.680 bits per heavy atom. The van der Waals surface area contributed by atoms with Gasteiger partial charge in [-0.3, -0.25) is 0 Å². The maximum absolute atomic E-state index is 9.21. The van der Waals surface area contributed by atoms with Crippen LogP contribution in [-0.2, 0) is 0 Å². The molecule has 2 rings (SSSR count). The molecule has 0 aromatic rings. The molecule has 148 valence electrons. The molecule has 0 heterocycles. The van der Waals surface area contributed by atoms with E-state index in [0.717, 1.165) is 30.1 Å². The maximum Gasteiger partial charge on any atom is 0.0481 e. The van der Waals surface area contributed by atoms with E-state index < -0.39 is 0 Å². The fraction of sp³-hybridized carbons (Fsp3) is 1.00. The summed E-state index contributed by atoms with van der Waals surface area (Å²) in [4.78, 5) is 0. The van der Waals surface area contributed by atoms with E-state index in [4.69, 9.17) is 0 Å². The van der Waals surface area contributed by atoms with Crippen LogP contribution >= 0.6 is 0 Å². The van der Waals surface area contributed by atoms with Gasteiger partial charge in [-0.25, -0.2) is 0 Å². The monoisotopic (exact) mass is 352 g/mol. The molecule has 2 aliphatic rings. The third kappa shape index (κ3) is 7.59. The second-order valence-corrected chi connectivity index (χ2v) is 9.22. The predicted octanol–water partition coefficient (Wildman–Crippen LogP) is 5.95. The quantitative estimate of drug-likeness (QED) is 0.451. The highest BCUT2D eigenvalue weighted by molar-refractivity contribution is 4.82. The highest BCUT2D eigenvalue weighted by Gasteiger charge is 2.30. The Morgan fingerprint density at radius 2 is 1.20 bits per heavy atom. The van der Waals surface area contributed by atoms with E-state index in [1.54, 1.807) is 0 Å². The molecule has 0 spiro atoms. The van der Waals surface area contributed by atoms with Crippen LogP contribution in [0.3, 0.4) is 0 Å². The Hall–Kier alpha value is -0.0800. The standard InChI is InChI=1S/C23H44O2/c1-2-3-4-5-6-19-9-13-22(14-10-19)23-15-11-20(12-16-23)7-8-21(17-24)18-25/h19-25H,2-18H2,1H3. The SMILES string of the molecule is CCCCCCC1CCC(C2CCC(CCC(CO)CO)CC2)CC1. The smallest absolute Gasteiger partial charge is 0.0481 e. The van der Waals surface area contributed by atoms with Crippen molar-refractivity contribution in [2.75, 3.05) is 13.2 Å². The summed E-state index contributed by atoms with van der Waals surface area (Å²) in [7, 11) is 0. The molecule has 0 saturated heterocycles. The van der Waals surface area contributed by atoms with Crippen LogP contribution < -0.4 is 0 Å². The lowest BCUT2D eigenvalue weighted by Gasteiger charge is -2.38. The van der Waals surface area contributed by atoms with Crippen LogP contribution in [0.4, 0.5) is 0 Å². The van der Waals surface area contributed by atoms with E-state index in [1.165, 1.54) is 89.9 Å². The summed E-state index contributed by atoms with van der Waals surface area (Å²) in [5, 5.41) is 18.4. The number of hydrogen-bond donors (Lipinski definition) is 2. The first-order valence-electron chi connectivity index (χ1n) is 11.5. The van der Waals surface area contributed by atoms with Gasteiger partial charge < -0.3 is 10.2 Å². The number of rotatable bonds is 11. The van der Waals surface area contributed by atoms with Crippen LogP contribution in [0.5, 0.6) is 0 Å². The molecule has 2 nitrogen and oxygen atoms in total. The van der Waals surface area contributed by atoms with E-state index in [-0.39, 0.29) is 19.1 Å². The van der Waals surface area contributed by atoms with Crippen molar-refractivity contribution in [3.05, 3.63) is 0 Å². The van der Waals surface area contributed by atoms with Crippen molar-refractivity contribution in [3.8, 4) is 0 Å². The first-order valence-corrected chi connectivity index (χ1v) is 11.5.